The Morgan fingerprint density at radius 3 is 2.39 bits per heavy atom. The molecule has 2 saturated heterocycles. The number of aromatic nitrogens is 3. The Balaban J connectivity index is 1.07. The number of carbonyl (C=O) groups is 7. The smallest absolute Gasteiger partial charge is 0.347 e. The lowest BCUT2D eigenvalue weighted by Crippen LogP contribution is -2.51. The minimum absolute atomic E-state index is 0.00444. The minimum Gasteiger partial charge on any atom is -0.495 e. The van der Waals surface area contributed by atoms with Gasteiger partial charge in [0.05, 0.1) is 23.2 Å². The highest BCUT2D eigenvalue weighted by atomic mass is 35.5. The van der Waals surface area contributed by atoms with E-state index in [1.807, 2.05) is 34.0 Å². The molecule has 7 atom stereocenters. The molecule has 372 valence electrons. The number of benzene rings is 2. The zero-order chi connectivity index (χ0) is 50.0. The summed E-state index contributed by atoms with van der Waals surface area (Å²) in [4.78, 5) is 97.3. The van der Waals surface area contributed by atoms with Crippen LogP contribution in [0.5, 0.6) is 5.75 Å². The summed E-state index contributed by atoms with van der Waals surface area (Å²) in [6.45, 7) is 10.6. The number of rotatable bonds is 17. The first-order valence-corrected chi connectivity index (χ1v) is 24.8. The van der Waals surface area contributed by atoms with E-state index in [2.05, 4.69) is 50.1 Å². The molecule has 2 aromatic carbocycles. The summed E-state index contributed by atoms with van der Waals surface area (Å²) in [7, 11) is 4.07. The maximum atomic E-state index is 13.9. The fourth-order valence-electron chi connectivity index (χ4n) is 8.15. The maximum absolute atomic E-state index is 13.9. The lowest BCUT2D eigenvalue weighted by atomic mass is 9.92. The first kappa shape index (κ1) is 52.7. The van der Waals surface area contributed by atoms with Gasteiger partial charge in [0.2, 0.25) is 11.8 Å². The van der Waals surface area contributed by atoms with Crippen LogP contribution in [0.2, 0.25) is 5.02 Å². The van der Waals surface area contributed by atoms with Gasteiger partial charge in [0.15, 0.2) is 6.10 Å². The van der Waals surface area contributed by atoms with E-state index in [1.54, 1.807) is 42.8 Å². The maximum Gasteiger partial charge on any atom is 0.347 e. The fourth-order valence-corrected chi connectivity index (χ4v) is 10.1. The Morgan fingerprint density at radius 2 is 1.71 bits per heavy atom. The van der Waals surface area contributed by atoms with Crippen molar-refractivity contribution < 1.29 is 52.6 Å². The van der Waals surface area contributed by atoms with E-state index in [9.17, 15) is 33.6 Å². The Bertz CT molecular complexity index is 2380. The van der Waals surface area contributed by atoms with Crippen LogP contribution in [0.1, 0.15) is 101 Å². The van der Waals surface area contributed by atoms with Crippen molar-refractivity contribution in [3.63, 3.8) is 0 Å². The summed E-state index contributed by atoms with van der Waals surface area (Å²) in [5, 5.41) is 14.9. The molecule has 4 amide bonds. The molecular weight excluding hydrogens is 929 g/mol. The third-order valence-corrected chi connectivity index (χ3v) is 14.4. The SMILES string of the molecule is COc1ccc(C[C@H]2NC(=O)/C=C/C[C@@H]([C@H](C)C3PC3c3ccc(CN(C)Cc4cn(CCCC(=O)ON5C(=O)CCC5=O)nn4)cc3)OC(=O)[C@H](CC(C)C)OC(=O)C(C)(C)CNC2=O)cc1Cl. The lowest BCUT2D eigenvalue weighted by Gasteiger charge is -2.30. The molecule has 0 aliphatic carbocycles. The number of carbonyl (C=O) groups excluding carboxylic acids is 7. The van der Waals surface area contributed by atoms with Crippen LogP contribution >= 0.6 is 20.2 Å². The molecule has 69 heavy (non-hydrogen) atoms. The number of hydrogen-bond acceptors (Lipinski definition) is 14. The Hall–Kier alpha value is -5.71. The van der Waals surface area contributed by atoms with E-state index in [4.69, 9.17) is 30.6 Å². The van der Waals surface area contributed by atoms with Crippen LogP contribution in [0.25, 0.3) is 0 Å². The summed E-state index contributed by atoms with van der Waals surface area (Å²) in [5.74, 6) is -3.66. The summed E-state index contributed by atoms with van der Waals surface area (Å²) < 4.78 is 19.0. The van der Waals surface area contributed by atoms with E-state index >= 15 is 0 Å². The van der Waals surface area contributed by atoms with Gasteiger partial charge in [-0.15, -0.1) is 18.7 Å². The monoisotopic (exact) mass is 991 g/mol. The highest BCUT2D eigenvalue weighted by Gasteiger charge is 2.46. The number of imide groups is 1. The predicted molar refractivity (Wildman–Crippen MR) is 255 cm³/mol. The molecule has 2 N–H and O–H groups in total. The van der Waals surface area contributed by atoms with Crippen molar-refractivity contribution in [3.8, 4) is 5.75 Å². The van der Waals surface area contributed by atoms with E-state index < -0.39 is 65.2 Å². The standard InChI is InChI=1S/C49H63ClN7O11P/c1-29(2)22-39-47(63)66-37(10-8-11-40(58)52-36(24-32-15-18-38(65-7)35(50)23-32)46(62)51-28-49(4,5)48(64)67-39)30(3)44-45(69-44)33-16-13-31(14-17-33)25-55(6)26-34-27-56(54-53-34)21-9-12-43(61)68-57-41(59)19-20-42(57)60/h8,11,13-18,23,27,29-30,36-37,39,44-45,69H,9-10,12,19-22,24-26,28H2,1-7H3,(H,51,62)(H,52,58)/b11-8+/t30-,36+,37-,39-,44?,45?/m0/s1. The van der Waals surface area contributed by atoms with Crippen LogP contribution in [0.3, 0.4) is 0 Å². The molecular formula is C49H63ClN7O11P. The van der Waals surface area contributed by atoms with Crippen LogP contribution in [0, 0.1) is 17.3 Å². The first-order chi connectivity index (χ1) is 32.8. The average Bonchev–Trinajstić information content (AvgIpc) is 3.88. The summed E-state index contributed by atoms with van der Waals surface area (Å²) in [6, 6.07) is 12.6. The van der Waals surface area contributed by atoms with Gasteiger partial charge >= 0.3 is 17.9 Å². The van der Waals surface area contributed by atoms with Crippen molar-refractivity contribution >= 4 is 61.7 Å². The number of amides is 4. The highest BCUT2D eigenvalue weighted by Crippen LogP contribution is 2.65. The van der Waals surface area contributed by atoms with E-state index in [0.29, 0.717) is 56.0 Å². The molecule has 0 radical (unpaired) electrons. The predicted octanol–water partition coefficient (Wildman–Crippen LogP) is 5.40. The molecule has 3 aromatic rings. The summed E-state index contributed by atoms with van der Waals surface area (Å²) in [5.41, 5.74) is 2.93. The number of cyclic esters (lactones) is 2. The second-order valence-electron chi connectivity index (χ2n) is 19.0. The molecule has 0 bridgehead atoms. The molecule has 1 aromatic heterocycles. The number of nitrogens with one attached hydrogen (secondary N) is 2. The van der Waals surface area contributed by atoms with Gasteiger partial charge in [-0.25, -0.2) is 9.59 Å². The van der Waals surface area contributed by atoms with Gasteiger partial charge in [-0.1, -0.05) is 74.0 Å². The Labute approximate surface area is 409 Å². The number of esters is 2. The van der Waals surface area contributed by atoms with Gasteiger partial charge in [-0.05, 0) is 80.2 Å². The molecule has 2 fully saturated rings. The number of methoxy groups -OCH3 is 1. The van der Waals surface area contributed by atoms with Crippen molar-refractivity contribution in [1.82, 2.24) is 35.6 Å². The molecule has 0 spiro atoms. The molecule has 18 nitrogen and oxygen atoms in total. The van der Waals surface area contributed by atoms with E-state index in [1.165, 1.54) is 18.7 Å². The Kier molecular flexibility index (Phi) is 18.1. The number of hydrogen-bond donors (Lipinski definition) is 2. The molecule has 0 saturated carbocycles. The summed E-state index contributed by atoms with van der Waals surface area (Å²) in [6.07, 6.45) is 4.07. The van der Waals surface area contributed by atoms with Gasteiger partial charge in [0.1, 0.15) is 17.9 Å². The molecule has 3 aliphatic heterocycles. The van der Waals surface area contributed by atoms with Crippen LogP contribution in [0.4, 0.5) is 0 Å². The second kappa shape index (κ2) is 23.7. The third-order valence-electron chi connectivity index (χ3n) is 12.2. The number of ether oxygens (including phenoxy) is 3. The topological polar surface area (TPSA) is 218 Å². The van der Waals surface area contributed by atoms with E-state index in [-0.39, 0.29) is 68.2 Å². The van der Waals surface area contributed by atoms with Gasteiger partial charge in [-0.2, -0.15) is 0 Å². The average molecular weight is 993 g/mol. The lowest BCUT2D eigenvalue weighted by molar-refractivity contribution is -0.197. The minimum atomic E-state index is -1.23. The van der Waals surface area contributed by atoms with Gasteiger partial charge < -0.3 is 29.7 Å². The zero-order valence-corrected chi connectivity index (χ0v) is 42.0. The number of hydroxylamine groups is 2. The normalized spacial score (nSPS) is 23.6. The first-order valence-electron chi connectivity index (χ1n) is 23.3. The molecule has 20 heteroatoms. The highest BCUT2D eigenvalue weighted by molar-refractivity contribution is 7.48. The zero-order valence-electron chi connectivity index (χ0n) is 40.2. The fraction of sp³-hybridized carbons (Fsp3) is 0.531. The molecule has 3 unspecified atom stereocenters. The van der Waals surface area contributed by atoms with Crippen molar-refractivity contribution in [2.24, 2.45) is 17.3 Å². The van der Waals surface area contributed by atoms with E-state index in [0.717, 1.165) is 11.3 Å². The molecule has 6 rings (SSSR count). The molecule has 3 aliphatic rings. The number of nitrogens with zero attached hydrogens (tertiary/aromatic N) is 5. The van der Waals surface area contributed by atoms with Crippen LogP contribution in [0.15, 0.2) is 60.8 Å². The molecule has 4 heterocycles. The van der Waals surface area contributed by atoms with Gasteiger partial charge in [0.25, 0.3) is 11.8 Å². The van der Waals surface area contributed by atoms with Crippen molar-refractivity contribution in [2.75, 3.05) is 20.7 Å². The quantitative estimate of drug-likeness (QED) is 0.0985. The van der Waals surface area contributed by atoms with Gasteiger partial charge in [0, 0.05) is 76.1 Å². The van der Waals surface area contributed by atoms with Crippen molar-refractivity contribution in [2.45, 2.75) is 129 Å². The third kappa shape index (κ3) is 14.9. The largest absolute Gasteiger partial charge is 0.495 e. The van der Waals surface area contributed by atoms with Gasteiger partial charge in [-0.3, -0.25) is 33.6 Å². The van der Waals surface area contributed by atoms with Crippen LogP contribution in [-0.2, 0) is 73.9 Å². The second-order valence-corrected chi connectivity index (χ2v) is 21.1. The number of aryl methyl sites for hydroxylation is 1. The van der Waals surface area contributed by atoms with Crippen molar-refractivity contribution in [1.29, 1.82) is 0 Å². The van der Waals surface area contributed by atoms with Crippen LogP contribution in [-0.4, -0.2) is 111 Å². The number of halogens is 1. The Morgan fingerprint density at radius 1 is 1.00 bits per heavy atom. The van der Waals surface area contributed by atoms with Crippen LogP contribution < -0.4 is 15.4 Å². The summed E-state index contributed by atoms with van der Waals surface area (Å²) >= 11 is 6.38. The van der Waals surface area contributed by atoms with Crippen molar-refractivity contribution in [3.05, 3.63) is 88.2 Å².